The van der Waals surface area contributed by atoms with E-state index in [1.165, 1.54) is 48.2 Å². The second-order valence-electron chi connectivity index (χ2n) is 10.0. The molecule has 1 saturated heterocycles. The first-order valence-corrected chi connectivity index (χ1v) is 12.9. The highest BCUT2D eigenvalue weighted by Gasteiger charge is 2.35. The van der Waals surface area contributed by atoms with Gasteiger partial charge in [0.25, 0.3) is 0 Å². The number of rotatable bonds is 7. The Balaban J connectivity index is 1.43. The molecule has 4 heteroatoms. The van der Waals surface area contributed by atoms with E-state index in [0.717, 1.165) is 38.2 Å². The molecule has 3 atom stereocenters. The van der Waals surface area contributed by atoms with Crippen LogP contribution in [0.2, 0.25) is 0 Å². The smallest absolute Gasteiger partial charge is 0.160 e. The maximum absolute atomic E-state index is 10.4. The van der Waals surface area contributed by atoms with E-state index < -0.39 is 0 Å². The third-order valence-electron chi connectivity index (χ3n) is 7.93. The number of phenols is 1. The van der Waals surface area contributed by atoms with Gasteiger partial charge in [0.15, 0.2) is 11.5 Å². The van der Waals surface area contributed by atoms with Crippen LogP contribution in [0.1, 0.15) is 55.2 Å². The van der Waals surface area contributed by atoms with Crippen LogP contribution in [-0.4, -0.2) is 43.4 Å². The summed E-state index contributed by atoms with van der Waals surface area (Å²) in [6, 6.07) is 12.7. The molecule has 1 fully saturated rings. The van der Waals surface area contributed by atoms with Crippen molar-refractivity contribution in [1.29, 1.82) is 0 Å². The number of likely N-dealkylation sites (tertiary alicyclic amines) is 1. The molecule has 1 heterocycles. The molecule has 1 aliphatic heterocycles. The Kier molecular flexibility index (Phi) is 6.96. The van der Waals surface area contributed by atoms with Crippen molar-refractivity contribution in [3.05, 3.63) is 76.9 Å². The van der Waals surface area contributed by atoms with Gasteiger partial charge < -0.3 is 14.6 Å². The Bertz CT molecular complexity index is 1050. The van der Waals surface area contributed by atoms with Crippen LogP contribution in [0.15, 0.2) is 60.2 Å². The molecule has 180 valence electrons. The topological polar surface area (TPSA) is 41.9 Å². The lowest BCUT2D eigenvalue weighted by Gasteiger charge is -2.38. The average Bonchev–Trinajstić information content (AvgIpc) is 3.37. The number of nitrogens with zero attached hydrogens (tertiary/aromatic N) is 1. The monoisotopic (exact) mass is 459 g/mol. The molecule has 3 aliphatic rings. The third-order valence-corrected chi connectivity index (χ3v) is 7.93. The van der Waals surface area contributed by atoms with E-state index >= 15 is 0 Å². The summed E-state index contributed by atoms with van der Waals surface area (Å²) in [5.74, 6) is 2.93. The molecule has 1 unspecified atom stereocenters. The van der Waals surface area contributed by atoms with Crippen molar-refractivity contribution in [2.45, 2.75) is 44.9 Å². The first-order chi connectivity index (χ1) is 16.6. The van der Waals surface area contributed by atoms with Crippen LogP contribution in [0.5, 0.6) is 17.2 Å². The number of fused-ring (bicyclic) bond motifs is 1. The molecule has 4 nitrogen and oxygen atoms in total. The minimum Gasteiger partial charge on any atom is -0.504 e. The van der Waals surface area contributed by atoms with Crippen LogP contribution >= 0.6 is 0 Å². The van der Waals surface area contributed by atoms with Crippen molar-refractivity contribution in [1.82, 2.24) is 4.90 Å². The minimum absolute atomic E-state index is 0.230. The SMILES string of the molecule is COc1cc2c(cc1O)CC[C@H](C1=CC=CCC1C)[C@@H]2c1ccc(OCCN2CCCC2)cc1. The Morgan fingerprint density at radius 2 is 1.88 bits per heavy atom. The van der Waals surface area contributed by atoms with Crippen LogP contribution in [0.3, 0.4) is 0 Å². The Hall–Kier alpha value is -2.72. The van der Waals surface area contributed by atoms with Crippen LogP contribution < -0.4 is 9.47 Å². The van der Waals surface area contributed by atoms with Gasteiger partial charge in [-0.15, -0.1) is 0 Å². The molecule has 5 rings (SSSR count). The second kappa shape index (κ2) is 10.3. The summed E-state index contributed by atoms with van der Waals surface area (Å²) >= 11 is 0. The first kappa shape index (κ1) is 23.0. The molecule has 34 heavy (non-hydrogen) atoms. The number of aromatic hydroxyl groups is 1. The van der Waals surface area contributed by atoms with Gasteiger partial charge in [-0.3, -0.25) is 4.90 Å². The van der Waals surface area contributed by atoms with Crippen molar-refractivity contribution >= 4 is 0 Å². The molecule has 0 bridgehead atoms. The standard InChI is InChI=1S/C30H37NO3/c1-21-7-3-4-8-25(21)26-14-11-23-19-28(32)29(33-2)20-27(23)30(26)22-9-12-24(13-10-22)34-18-17-31-15-5-6-16-31/h3-4,8-10,12-13,19-21,26,30,32H,5-7,11,14-18H2,1-2H3/t21?,26-,30+/m1/s1. The van der Waals surface area contributed by atoms with E-state index in [4.69, 9.17) is 9.47 Å². The molecule has 2 aromatic carbocycles. The predicted molar refractivity (Wildman–Crippen MR) is 137 cm³/mol. The number of hydrogen-bond acceptors (Lipinski definition) is 4. The van der Waals surface area contributed by atoms with Gasteiger partial charge in [0.1, 0.15) is 12.4 Å². The van der Waals surface area contributed by atoms with E-state index in [-0.39, 0.29) is 11.7 Å². The molecular formula is C30H37NO3. The molecular weight excluding hydrogens is 422 g/mol. The summed E-state index contributed by atoms with van der Waals surface area (Å²) in [5.41, 5.74) is 5.34. The van der Waals surface area contributed by atoms with Crippen LogP contribution in [-0.2, 0) is 6.42 Å². The fourth-order valence-corrected chi connectivity index (χ4v) is 6.08. The minimum atomic E-state index is 0.230. The van der Waals surface area contributed by atoms with Crippen molar-refractivity contribution in [2.24, 2.45) is 11.8 Å². The van der Waals surface area contributed by atoms with E-state index in [0.29, 0.717) is 17.6 Å². The van der Waals surface area contributed by atoms with Crippen molar-refractivity contribution in [3.8, 4) is 17.2 Å². The number of phenolic OH excluding ortho intramolecular Hbond substituents is 1. The lowest BCUT2D eigenvalue weighted by Crippen LogP contribution is -2.26. The molecule has 1 N–H and O–H groups in total. The van der Waals surface area contributed by atoms with E-state index in [1.54, 1.807) is 7.11 Å². The first-order valence-electron chi connectivity index (χ1n) is 12.9. The number of aryl methyl sites for hydroxylation is 1. The molecule has 2 aliphatic carbocycles. The zero-order valence-electron chi connectivity index (χ0n) is 20.5. The second-order valence-corrected chi connectivity index (χ2v) is 10.0. The maximum Gasteiger partial charge on any atom is 0.160 e. The lowest BCUT2D eigenvalue weighted by atomic mass is 9.66. The number of benzene rings is 2. The zero-order valence-corrected chi connectivity index (χ0v) is 20.5. The van der Waals surface area contributed by atoms with Gasteiger partial charge in [-0.05, 0) is 98.0 Å². The highest BCUT2D eigenvalue weighted by Crippen LogP contribution is 2.49. The number of hydrogen-bond donors (Lipinski definition) is 1. The zero-order chi connectivity index (χ0) is 23.5. The predicted octanol–water partition coefficient (Wildman–Crippen LogP) is 6.09. The van der Waals surface area contributed by atoms with Crippen LogP contribution in [0, 0.1) is 11.8 Å². The lowest BCUT2D eigenvalue weighted by molar-refractivity contribution is 0.237. The Morgan fingerprint density at radius 1 is 1.09 bits per heavy atom. The Labute approximate surface area is 203 Å². The van der Waals surface area contributed by atoms with Gasteiger partial charge in [0.2, 0.25) is 0 Å². The molecule has 2 aromatic rings. The summed E-state index contributed by atoms with van der Waals surface area (Å²) in [6.45, 7) is 6.49. The normalized spacial score (nSPS) is 24.5. The summed E-state index contributed by atoms with van der Waals surface area (Å²) in [5, 5.41) is 10.4. The Morgan fingerprint density at radius 3 is 2.62 bits per heavy atom. The summed E-state index contributed by atoms with van der Waals surface area (Å²) in [6.07, 6.45) is 12.6. The molecule has 0 amide bonds. The molecule has 0 saturated carbocycles. The maximum atomic E-state index is 10.4. The van der Waals surface area contributed by atoms with Gasteiger partial charge >= 0.3 is 0 Å². The van der Waals surface area contributed by atoms with Crippen LogP contribution in [0.4, 0.5) is 0 Å². The largest absolute Gasteiger partial charge is 0.504 e. The van der Waals surface area contributed by atoms with Crippen LogP contribution in [0.25, 0.3) is 0 Å². The number of allylic oxidation sites excluding steroid dienone is 4. The van der Waals surface area contributed by atoms with Gasteiger partial charge in [0.05, 0.1) is 7.11 Å². The third kappa shape index (κ3) is 4.74. The summed E-state index contributed by atoms with van der Waals surface area (Å²) in [7, 11) is 1.63. The van der Waals surface area contributed by atoms with Gasteiger partial charge in [-0.2, -0.15) is 0 Å². The van der Waals surface area contributed by atoms with Gasteiger partial charge in [-0.25, -0.2) is 0 Å². The van der Waals surface area contributed by atoms with Crippen molar-refractivity contribution in [2.75, 3.05) is 33.4 Å². The highest BCUT2D eigenvalue weighted by molar-refractivity contribution is 5.53. The summed E-state index contributed by atoms with van der Waals surface area (Å²) < 4.78 is 11.6. The fraction of sp³-hybridized carbons (Fsp3) is 0.467. The van der Waals surface area contributed by atoms with Gasteiger partial charge in [0, 0.05) is 12.5 Å². The summed E-state index contributed by atoms with van der Waals surface area (Å²) in [4.78, 5) is 2.48. The van der Waals surface area contributed by atoms with E-state index in [9.17, 15) is 5.11 Å². The van der Waals surface area contributed by atoms with Crippen molar-refractivity contribution in [3.63, 3.8) is 0 Å². The van der Waals surface area contributed by atoms with E-state index in [1.807, 2.05) is 6.07 Å². The highest BCUT2D eigenvalue weighted by atomic mass is 16.5. The molecule has 0 radical (unpaired) electrons. The molecule has 0 aromatic heterocycles. The van der Waals surface area contributed by atoms with E-state index in [2.05, 4.69) is 60.4 Å². The quantitative estimate of drug-likeness (QED) is 0.544. The molecule has 0 spiro atoms. The van der Waals surface area contributed by atoms with Gasteiger partial charge in [-0.1, -0.05) is 42.9 Å². The van der Waals surface area contributed by atoms with Crippen molar-refractivity contribution < 1.29 is 14.6 Å². The number of ether oxygens (including phenoxy) is 2. The average molecular weight is 460 g/mol. The fourth-order valence-electron chi connectivity index (χ4n) is 6.08. The number of methoxy groups -OCH3 is 1.